The molecule has 0 aliphatic rings. The summed E-state index contributed by atoms with van der Waals surface area (Å²) in [6.45, 7) is 0. The quantitative estimate of drug-likeness (QED) is 0.449. The highest BCUT2D eigenvalue weighted by Crippen LogP contribution is 2.24. The van der Waals surface area contributed by atoms with Crippen LogP contribution >= 0.6 is 11.6 Å². The molecule has 1 nitrogen and oxygen atoms in total. The normalized spacial score (nSPS) is 10.1. The average Bonchev–Trinajstić information content (AvgIpc) is 2.47. The van der Waals surface area contributed by atoms with Gasteiger partial charge in [-0.25, -0.2) is 0 Å². The zero-order valence-corrected chi connectivity index (χ0v) is 11.0. The largest absolute Gasteiger partial charge is 0.369 e. The summed E-state index contributed by atoms with van der Waals surface area (Å²) in [6.07, 6.45) is 0. The minimum atomic E-state index is 0.292. The molecule has 0 aromatic heterocycles. The summed E-state index contributed by atoms with van der Waals surface area (Å²) < 4.78 is 4.31. The number of alkyl halides is 1. The van der Waals surface area contributed by atoms with Gasteiger partial charge in [0, 0.05) is 7.11 Å². The monoisotopic (exact) mass is 258 g/mol. The van der Waals surface area contributed by atoms with Crippen LogP contribution in [0.2, 0.25) is 0 Å². The SMILES string of the molecule is COCCl.c1ccc2c(c1)ccc1ccccc12. The minimum absolute atomic E-state index is 0.292. The second-order valence-electron chi connectivity index (χ2n) is 3.91. The Hall–Kier alpha value is -1.57. The molecule has 3 aromatic carbocycles. The van der Waals surface area contributed by atoms with Crippen LogP contribution in [0.25, 0.3) is 21.5 Å². The Kier molecular flexibility index (Phi) is 4.57. The highest BCUT2D eigenvalue weighted by molar-refractivity contribution is 6.17. The van der Waals surface area contributed by atoms with E-state index in [1.54, 1.807) is 7.11 Å². The van der Waals surface area contributed by atoms with Crippen LogP contribution in [-0.4, -0.2) is 13.2 Å². The van der Waals surface area contributed by atoms with Gasteiger partial charge in [0.25, 0.3) is 0 Å². The summed E-state index contributed by atoms with van der Waals surface area (Å²) >= 11 is 4.96. The van der Waals surface area contributed by atoms with Crippen molar-refractivity contribution >= 4 is 33.1 Å². The average molecular weight is 259 g/mol. The molecule has 0 spiro atoms. The number of rotatable bonds is 1. The summed E-state index contributed by atoms with van der Waals surface area (Å²) in [5.74, 6) is 0. The summed E-state index contributed by atoms with van der Waals surface area (Å²) in [5, 5.41) is 5.30. The number of hydrogen-bond donors (Lipinski definition) is 0. The number of benzene rings is 3. The van der Waals surface area contributed by atoms with Gasteiger partial charge < -0.3 is 4.74 Å². The van der Waals surface area contributed by atoms with Gasteiger partial charge in [0.1, 0.15) is 6.07 Å². The van der Waals surface area contributed by atoms with Gasteiger partial charge in [-0.15, -0.1) is 0 Å². The second-order valence-corrected chi connectivity index (χ2v) is 4.12. The molecule has 0 aliphatic heterocycles. The molecule has 0 atom stereocenters. The molecule has 92 valence electrons. The summed E-state index contributed by atoms with van der Waals surface area (Å²) in [4.78, 5) is 0. The van der Waals surface area contributed by atoms with E-state index in [9.17, 15) is 0 Å². The van der Waals surface area contributed by atoms with E-state index in [1.165, 1.54) is 21.5 Å². The standard InChI is InChI=1S/C14H10.C2H5ClO/c1-3-7-13-11(5-1)9-10-12-6-2-4-8-14(12)13;1-4-2-3/h1-10H;2H2,1H3. The predicted molar refractivity (Wildman–Crippen MR) is 79.2 cm³/mol. The van der Waals surface area contributed by atoms with Crippen LogP contribution in [-0.2, 0) is 4.74 Å². The summed E-state index contributed by atoms with van der Waals surface area (Å²) in [5.41, 5.74) is 0. The lowest BCUT2D eigenvalue weighted by Gasteiger charge is -2.02. The highest BCUT2D eigenvalue weighted by atomic mass is 35.5. The first kappa shape index (κ1) is 12.9. The van der Waals surface area contributed by atoms with Gasteiger partial charge in [-0.05, 0) is 21.5 Å². The van der Waals surface area contributed by atoms with Crippen molar-refractivity contribution < 1.29 is 4.74 Å². The first-order valence-electron chi connectivity index (χ1n) is 5.78. The molecule has 2 heteroatoms. The first-order valence-corrected chi connectivity index (χ1v) is 6.31. The van der Waals surface area contributed by atoms with Gasteiger partial charge >= 0.3 is 0 Å². The molecule has 0 saturated heterocycles. The molecule has 3 rings (SSSR count). The van der Waals surface area contributed by atoms with Crippen LogP contribution in [0.4, 0.5) is 0 Å². The molecule has 0 N–H and O–H groups in total. The van der Waals surface area contributed by atoms with Gasteiger partial charge in [-0.1, -0.05) is 72.3 Å². The van der Waals surface area contributed by atoms with E-state index >= 15 is 0 Å². The third-order valence-corrected chi connectivity index (χ3v) is 2.98. The molecule has 0 unspecified atom stereocenters. The fraction of sp³-hybridized carbons (Fsp3) is 0.125. The number of hydrogen-bond acceptors (Lipinski definition) is 1. The molecule has 0 fully saturated rings. The van der Waals surface area contributed by atoms with Crippen LogP contribution in [0, 0.1) is 0 Å². The van der Waals surface area contributed by atoms with E-state index in [2.05, 4.69) is 65.4 Å². The predicted octanol–water partition coefficient (Wildman–Crippen LogP) is 4.82. The van der Waals surface area contributed by atoms with E-state index in [1.807, 2.05) is 0 Å². The van der Waals surface area contributed by atoms with E-state index in [0.717, 1.165) is 0 Å². The van der Waals surface area contributed by atoms with Crippen LogP contribution in [0.3, 0.4) is 0 Å². The lowest BCUT2D eigenvalue weighted by Crippen LogP contribution is -1.75. The van der Waals surface area contributed by atoms with Crippen LogP contribution < -0.4 is 0 Å². The molecule has 0 radical (unpaired) electrons. The maximum atomic E-state index is 4.96. The Bertz CT molecular complexity index is 577. The van der Waals surface area contributed by atoms with Gasteiger partial charge in [0.05, 0.1) is 0 Å². The molecule has 0 bridgehead atoms. The van der Waals surface area contributed by atoms with Crippen molar-refractivity contribution in [3.05, 3.63) is 60.7 Å². The lowest BCUT2D eigenvalue weighted by atomic mass is 10.0. The van der Waals surface area contributed by atoms with Crippen molar-refractivity contribution in [1.29, 1.82) is 0 Å². The Morgan fingerprint density at radius 2 is 1.17 bits per heavy atom. The van der Waals surface area contributed by atoms with Crippen molar-refractivity contribution in [3.63, 3.8) is 0 Å². The summed E-state index contributed by atoms with van der Waals surface area (Å²) in [7, 11) is 1.55. The number of ether oxygens (including phenoxy) is 1. The third kappa shape index (κ3) is 2.81. The third-order valence-electron chi connectivity index (χ3n) is 2.76. The van der Waals surface area contributed by atoms with E-state index in [4.69, 9.17) is 11.6 Å². The van der Waals surface area contributed by atoms with Crippen LogP contribution in [0.15, 0.2) is 60.7 Å². The van der Waals surface area contributed by atoms with Gasteiger partial charge in [0.2, 0.25) is 0 Å². The number of fused-ring (bicyclic) bond motifs is 3. The molecule has 18 heavy (non-hydrogen) atoms. The van der Waals surface area contributed by atoms with E-state index < -0.39 is 0 Å². The lowest BCUT2D eigenvalue weighted by molar-refractivity contribution is 0.254. The molecule has 0 saturated carbocycles. The van der Waals surface area contributed by atoms with Gasteiger partial charge in [-0.2, -0.15) is 0 Å². The maximum absolute atomic E-state index is 4.96. The van der Waals surface area contributed by atoms with Gasteiger partial charge in [-0.3, -0.25) is 0 Å². The van der Waals surface area contributed by atoms with Crippen LogP contribution in [0.1, 0.15) is 0 Å². The fourth-order valence-electron chi connectivity index (χ4n) is 1.95. The Balaban J connectivity index is 0.000000267. The molecule has 0 amide bonds. The van der Waals surface area contributed by atoms with Gasteiger partial charge in [0.15, 0.2) is 0 Å². The Morgan fingerprint density at radius 1 is 0.778 bits per heavy atom. The van der Waals surface area contributed by atoms with Crippen molar-refractivity contribution in [1.82, 2.24) is 0 Å². The minimum Gasteiger partial charge on any atom is -0.369 e. The number of halogens is 1. The first-order chi connectivity index (χ1) is 8.86. The van der Waals surface area contributed by atoms with Crippen molar-refractivity contribution in [3.8, 4) is 0 Å². The smallest absolute Gasteiger partial charge is 0.120 e. The molecule has 0 heterocycles. The maximum Gasteiger partial charge on any atom is 0.120 e. The summed E-state index contributed by atoms with van der Waals surface area (Å²) in [6, 6.07) is 21.7. The fourth-order valence-corrected chi connectivity index (χ4v) is 1.95. The van der Waals surface area contributed by atoms with Crippen molar-refractivity contribution in [2.75, 3.05) is 13.2 Å². The molecule has 0 aliphatic carbocycles. The van der Waals surface area contributed by atoms with Crippen molar-refractivity contribution in [2.45, 2.75) is 0 Å². The highest BCUT2D eigenvalue weighted by Gasteiger charge is 1.97. The molecular weight excluding hydrogens is 244 g/mol. The van der Waals surface area contributed by atoms with Crippen molar-refractivity contribution in [2.24, 2.45) is 0 Å². The van der Waals surface area contributed by atoms with E-state index in [-0.39, 0.29) is 0 Å². The molecular formula is C16H15ClO. The topological polar surface area (TPSA) is 9.23 Å². The Labute approximate surface area is 112 Å². The van der Waals surface area contributed by atoms with Crippen LogP contribution in [0.5, 0.6) is 0 Å². The molecule has 3 aromatic rings. The van der Waals surface area contributed by atoms with E-state index in [0.29, 0.717) is 6.07 Å². The number of methoxy groups -OCH3 is 1. The Morgan fingerprint density at radius 3 is 1.56 bits per heavy atom. The zero-order chi connectivity index (χ0) is 12.8. The zero-order valence-electron chi connectivity index (χ0n) is 10.3. The second kappa shape index (κ2) is 6.39.